The molecule has 4 nitrogen and oxygen atoms in total. The second-order valence-corrected chi connectivity index (χ2v) is 6.44. The van der Waals surface area contributed by atoms with Crippen LogP contribution in [-0.2, 0) is 10.0 Å². The molecule has 0 radical (unpaired) electrons. The molecule has 0 saturated heterocycles. The van der Waals surface area contributed by atoms with Crippen LogP contribution in [0.25, 0.3) is 0 Å². The fraction of sp³-hybridized carbons (Fsp3) is 0. The number of rotatable bonds is 3. The van der Waals surface area contributed by atoms with Crippen molar-refractivity contribution in [2.75, 3.05) is 4.72 Å². The molecule has 0 aliphatic heterocycles. The van der Waals surface area contributed by atoms with Crippen LogP contribution in [0.15, 0.2) is 41.4 Å². The van der Waals surface area contributed by atoms with Gasteiger partial charge in [-0.2, -0.15) is 0 Å². The Hall–Kier alpha value is -1.29. The van der Waals surface area contributed by atoms with Crippen molar-refractivity contribution >= 4 is 38.4 Å². The lowest BCUT2D eigenvalue weighted by atomic mass is 10.3. The van der Waals surface area contributed by atoms with E-state index in [1.165, 1.54) is 12.3 Å². The van der Waals surface area contributed by atoms with Gasteiger partial charge < -0.3 is 0 Å². The lowest BCUT2D eigenvalue weighted by molar-refractivity contribution is 0.551. The molecule has 0 fully saturated rings. The first-order valence-corrected chi connectivity index (χ1v) is 7.54. The maximum Gasteiger partial charge on any atom is 0.265 e. The van der Waals surface area contributed by atoms with Gasteiger partial charge in [-0.1, -0.05) is 0 Å². The van der Waals surface area contributed by atoms with Gasteiger partial charge in [0.2, 0.25) is 0 Å². The first kappa shape index (κ1) is 14.1. The molecule has 19 heavy (non-hydrogen) atoms. The van der Waals surface area contributed by atoms with Crippen LogP contribution in [0.4, 0.5) is 14.6 Å². The van der Waals surface area contributed by atoms with Crippen molar-refractivity contribution in [1.82, 2.24) is 4.98 Å². The normalized spacial score (nSPS) is 11.3. The molecule has 0 spiro atoms. The Kier molecular flexibility index (Phi) is 3.99. The Balaban J connectivity index is 2.35. The second kappa shape index (κ2) is 5.37. The first-order chi connectivity index (χ1) is 8.88. The van der Waals surface area contributed by atoms with Crippen molar-refractivity contribution < 1.29 is 17.2 Å². The number of nitrogens with one attached hydrogen (secondary N) is 1. The molecule has 0 amide bonds. The highest BCUT2D eigenvalue weighted by Gasteiger charge is 2.20. The van der Waals surface area contributed by atoms with E-state index in [-0.39, 0.29) is 5.82 Å². The molecule has 0 unspecified atom stereocenters. The number of pyridine rings is 1. The Morgan fingerprint density at radius 1 is 1.16 bits per heavy atom. The number of nitrogens with zero attached hydrogens (tertiary/aromatic N) is 1. The van der Waals surface area contributed by atoms with Crippen LogP contribution in [-0.4, -0.2) is 13.4 Å². The summed E-state index contributed by atoms with van der Waals surface area (Å²) >= 11 is 2.01. The van der Waals surface area contributed by atoms with Gasteiger partial charge in [0, 0.05) is 15.8 Å². The zero-order valence-corrected chi connectivity index (χ0v) is 12.2. The van der Waals surface area contributed by atoms with E-state index >= 15 is 0 Å². The number of halogens is 3. The Morgan fingerprint density at radius 2 is 1.89 bits per heavy atom. The third kappa shape index (κ3) is 3.38. The van der Waals surface area contributed by atoms with Gasteiger partial charge in [0.15, 0.2) is 0 Å². The van der Waals surface area contributed by atoms with Crippen LogP contribution in [0.1, 0.15) is 0 Å². The lowest BCUT2D eigenvalue weighted by Crippen LogP contribution is -2.15. The molecule has 0 aliphatic rings. The van der Waals surface area contributed by atoms with E-state index in [1.54, 1.807) is 6.07 Å². The average Bonchev–Trinajstić information content (AvgIpc) is 2.31. The summed E-state index contributed by atoms with van der Waals surface area (Å²) < 4.78 is 52.9. The molecule has 1 N–H and O–H groups in total. The standard InChI is InChI=1S/C11H7F2IN2O2S/c12-7-1-3-10(9(13)5-7)19(17,18)16-11-4-2-8(14)6-15-11/h1-6H,(H,15,16). The van der Waals surface area contributed by atoms with E-state index in [2.05, 4.69) is 9.71 Å². The molecule has 1 heterocycles. The number of benzene rings is 1. The first-order valence-electron chi connectivity index (χ1n) is 4.98. The summed E-state index contributed by atoms with van der Waals surface area (Å²) in [7, 11) is -4.13. The number of sulfonamides is 1. The third-order valence-electron chi connectivity index (χ3n) is 2.15. The molecule has 1 aromatic heterocycles. The van der Waals surface area contributed by atoms with Crippen LogP contribution < -0.4 is 4.72 Å². The molecule has 2 rings (SSSR count). The van der Waals surface area contributed by atoms with Crippen molar-refractivity contribution in [1.29, 1.82) is 0 Å². The van der Waals surface area contributed by atoms with E-state index < -0.39 is 26.6 Å². The summed E-state index contributed by atoms with van der Waals surface area (Å²) in [5.41, 5.74) is 0. The molecule has 0 aliphatic carbocycles. The molecule has 100 valence electrons. The largest absolute Gasteiger partial charge is 0.265 e. The summed E-state index contributed by atoms with van der Waals surface area (Å²) in [4.78, 5) is 3.21. The minimum atomic E-state index is -4.13. The highest BCUT2D eigenvalue weighted by Crippen LogP contribution is 2.18. The average molecular weight is 396 g/mol. The van der Waals surface area contributed by atoms with Gasteiger partial charge in [0.05, 0.1) is 0 Å². The quantitative estimate of drug-likeness (QED) is 0.812. The van der Waals surface area contributed by atoms with E-state index in [0.29, 0.717) is 6.07 Å². The smallest absolute Gasteiger partial charge is 0.263 e. The van der Waals surface area contributed by atoms with E-state index in [1.807, 2.05) is 22.6 Å². The van der Waals surface area contributed by atoms with Gasteiger partial charge in [-0.3, -0.25) is 4.72 Å². The summed E-state index contributed by atoms with van der Waals surface area (Å²) in [6.07, 6.45) is 1.46. The Bertz CT molecular complexity index is 705. The fourth-order valence-electron chi connectivity index (χ4n) is 1.32. The summed E-state index contributed by atoms with van der Waals surface area (Å²) in [6.45, 7) is 0. The lowest BCUT2D eigenvalue weighted by Gasteiger charge is -2.08. The number of hydrogen-bond donors (Lipinski definition) is 1. The number of hydrogen-bond acceptors (Lipinski definition) is 3. The summed E-state index contributed by atoms with van der Waals surface area (Å²) in [6, 6.07) is 5.34. The van der Waals surface area contributed by atoms with Crippen molar-refractivity contribution in [3.63, 3.8) is 0 Å². The van der Waals surface area contributed by atoms with Crippen LogP contribution >= 0.6 is 22.6 Å². The molecule has 0 saturated carbocycles. The van der Waals surface area contributed by atoms with Crippen molar-refractivity contribution in [3.05, 3.63) is 51.7 Å². The Labute approximate surface area is 122 Å². The maximum absolute atomic E-state index is 13.4. The van der Waals surface area contributed by atoms with Gasteiger partial charge in [-0.25, -0.2) is 22.2 Å². The minimum Gasteiger partial charge on any atom is -0.263 e. The van der Waals surface area contributed by atoms with Crippen LogP contribution in [0.5, 0.6) is 0 Å². The SMILES string of the molecule is O=S(=O)(Nc1ccc(I)cn1)c1ccc(F)cc1F. The maximum atomic E-state index is 13.4. The summed E-state index contributed by atoms with van der Waals surface area (Å²) in [5, 5.41) is 0. The van der Waals surface area contributed by atoms with Crippen LogP contribution in [0, 0.1) is 15.2 Å². The third-order valence-corrected chi connectivity index (χ3v) is 4.18. The topological polar surface area (TPSA) is 59.1 Å². The van der Waals surface area contributed by atoms with Crippen molar-refractivity contribution in [3.8, 4) is 0 Å². The van der Waals surface area contributed by atoms with E-state index in [4.69, 9.17) is 0 Å². The van der Waals surface area contributed by atoms with Gasteiger partial charge in [-0.05, 0) is 46.9 Å². The molecular weight excluding hydrogens is 389 g/mol. The summed E-state index contributed by atoms with van der Waals surface area (Å²) in [5.74, 6) is -1.94. The predicted octanol–water partition coefficient (Wildman–Crippen LogP) is 2.77. The van der Waals surface area contributed by atoms with Crippen LogP contribution in [0.3, 0.4) is 0 Å². The van der Waals surface area contributed by atoms with Gasteiger partial charge >= 0.3 is 0 Å². The van der Waals surface area contributed by atoms with Crippen molar-refractivity contribution in [2.45, 2.75) is 4.90 Å². The van der Waals surface area contributed by atoms with Gasteiger partial charge in [-0.15, -0.1) is 0 Å². The molecule has 2 aromatic rings. The zero-order valence-electron chi connectivity index (χ0n) is 9.27. The minimum absolute atomic E-state index is 0.0594. The van der Waals surface area contributed by atoms with Crippen LogP contribution in [0.2, 0.25) is 0 Å². The monoisotopic (exact) mass is 396 g/mol. The molecule has 0 bridgehead atoms. The predicted molar refractivity (Wildman–Crippen MR) is 74.1 cm³/mol. The van der Waals surface area contributed by atoms with Gasteiger partial charge in [0.1, 0.15) is 22.3 Å². The highest BCUT2D eigenvalue weighted by atomic mass is 127. The molecular formula is C11H7F2IN2O2S. The second-order valence-electron chi connectivity index (χ2n) is 3.54. The molecule has 1 aromatic carbocycles. The van der Waals surface area contributed by atoms with Gasteiger partial charge in [0.25, 0.3) is 10.0 Å². The molecule has 0 atom stereocenters. The number of aromatic nitrogens is 1. The van der Waals surface area contributed by atoms with E-state index in [0.717, 1.165) is 15.7 Å². The highest BCUT2D eigenvalue weighted by molar-refractivity contribution is 14.1. The van der Waals surface area contributed by atoms with E-state index in [9.17, 15) is 17.2 Å². The number of anilines is 1. The van der Waals surface area contributed by atoms with Crippen molar-refractivity contribution in [2.24, 2.45) is 0 Å². The molecule has 8 heteroatoms. The zero-order chi connectivity index (χ0) is 14.0. The Morgan fingerprint density at radius 3 is 2.47 bits per heavy atom. The fourth-order valence-corrected chi connectivity index (χ4v) is 2.71.